The first-order valence-electron chi connectivity index (χ1n) is 5.78. The van der Waals surface area contributed by atoms with Gasteiger partial charge >= 0.3 is 0 Å². The van der Waals surface area contributed by atoms with Crippen molar-refractivity contribution in [1.29, 1.82) is 0 Å². The summed E-state index contributed by atoms with van der Waals surface area (Å²) in [6, 6.07) is 4.77. The van der Waals surface area contributed by atoms with Crippen LogP contribution >= 0.6 is 0 Å². The largest absolute Gasteiger partial charge is 0.368 e. The highest BCUT2D eigenvalue weighted by Crippen LogP contribution is 2.28. The van der Waals surface area contributed by atoms with E-state index in [1.807, 2.05) is 6.92 Å². The van der Waals surface area contributed by atoms with Crippen LogP contribution in [0, 0.1) is 17.0 Å². The number of hydrogen-bond donors (Lipinski definition) is 2. The van der Waals surface area contributed by atoms with Gasteiger partial charge in [0.15, 0.2) is 0 Å². The quantitative estimate of drug-likeness (QED) is 0.630. The average Bonchev–Trinajstić information content (AvgIpc) is 2.75. The van der Waals surface area contributed by atoms with Crippen LogP contribution in [0.1, 0.15) is 5.56 Å². The lowest BCUT2D eigenvalue weighted by atomic mass is 10.2. The van der Waals surface area contributed by atoms with Crippen molar-refractivity contribution in [3.05, 3.63) is 46.3 Å². The number of nitro benzene ring substituents is 1. The second kappa shape index (κ2) is 5.39. The van der Waals surface area contributed by atoms with E-state index in [4.69, 9.17) is 5.73 Å². The molecule has 1 amide bonds. The monoisotopic (exact) mass is 275 g/mol. The maximum atomic E-state index is 11.0. The van der Waals surface area contributed by atoms with Crippen molar-refractivity contribution in [1.82, 2.24) is 9.78 Å². The van der Waals surface area contributed by atoms with E-state index in [0.717, 1.165) is 5.56 Å². The third-order valence-corrected chi connectivity index (χ3v) is 2.58. The van der Waals surface area contributed by atoms with Crippen molar-refractivity contribution < 1.29 is 9.72 Å². The summed E-state index contributed by atoms with van der Waals surface area (Å²) < 4.78 is 1.35. The Morgan fingerprint density at radius 1 is 1.55 bits per heavy atom. The van der Waals surface area contributed by atoms with Gasteiger partial charge in [0.25, 0.3) is 5.69 Å². The standard InChI is InChI=1S/C12H13N5O3/c1-8-2-3-11(17(19)20)10(4-8)15-9-5-14-16(6-9)7-12(13)18/h2-6,15H,7H2,1H3,(H2,13,18). The Bertz CT molecular complexity index is 665. The number of benzene rings is 1. The van der Waals surface area contributed by atoms with Crippen LogP contribution in [-0.2, 0) is 11.3 Å². The topological polar surface area (TPSA) is 116 Å². The van der Waals surface area contributed by atoms with E-state index in [1.54, 1.807) is 18.3 Å². The number of nitro groups is 1. The molecular formula is C12H13N5O3. The molecule has 0 radical (unpaired) electrons. The number of hydrogen-bond acceptors (Lipinski definition) is 5. The minimum atomic E-state index is -0.513. The van der Waals surface area contributed by atoms with E-state index >= 15 is 0 Å². The predicted octanol–water partition coefficient (Wildman–Crippen LogP) is 1.33. The van der Waals surface area contributed by atoms with E-state index < -0.39 is 10.8 Å². The normalized spacial score (nSPS) is 10.2. The fourth-order valence-electron chi connectivity index (χ4n) is 1.74. The Hall–Kier alpha value is -2.90. The summed E-state index contributed by atoms with van der Waals surface area (Å²) in [5.41, 5.74) is 6.83. The van der Waals surface area contributed by atoms with Crippen molar-refractivity contribution in [2.24, 2.45) is 5.73 Å². The molecule has 0 aliphatic carbocycles. The molecule has 0 aliphatic rings. The summed E-state index contributed by atoms with van der Waals surface area (Å²) in [4.78, 5) is 21.3. The molecule has 1 heterocycles. The fourth-order valence-corrected chi connectivity index (χ4v) is 1.74. The number of rotatable bonds is 5. The van der Waals surface area contributed by atoms with Crippen molar-refractivity contribution in [2.45, 2.75) is 13.5 Å². The van der Waals surface area contributed by atoms with Crippen molar-refractivity contribution in [2.75, 3.05) is 5.32 Å². The number of nitrogens with two attached hydrogens (primary N) is 1. The molecule has 0 atom stereocenters. The number of nitrogens with one attached hydrogen (secondary N) is 1. The molecule has 2 rings (SSSR count). The summed E-state index contributed by atoms with van der Waals surface area (Å²) in [7, 11) is 0. The van der Waals surface area contributed by atoms with Crippen LogP contribution in [0.4, 0.5) is 17.1 Å². The van der Waals surface area contributed by atoms with Gasteiger partial charge in [-0.05, 0) is 18.6 Å². The number of carbonyl (C=O) groups excluding carboxylic acids is 1. The van der Waals surface area contributed by atoms with Gasteiger partial charge in [0.05, 0.1) is 16.8 Å². The van der Waals surface area contributed by atoms with Gasteiger partial charge in [-0.25, -0.2) is 0 Å². The van der Waals surface area contributed by atoms with Crippen LogP contribution in [-0.4, -0.2) is 20.6 Å². The maximum absolute atomic E-state index is 11.0. The summed E-state index contributed by atoms with van der Waals surface area (Å²) in [6.07, 6.45) is 3.02. The van der Waals surface area contributed by atoms with Crippen molar-refractivity contribution in [3.8, 4) is 0 Å². The van der Waals surface area contributed by atoms with Crippen LogP contribution in [0.25, 0.3) is 0 Å². The summed E-state index contributed by atoms with van der Waals surface area (Å²) >= 11 is 0. The zero-order chi connectivity index (χ0) is 14.7. The van der Waals surface area contributed by atoms with Gasteiger partial charge in [0.1, 0.15) is 12.2 Å². The number of aryl methyl sites for hydroxylation is 1. The minimum Gasteiger partial charge on any atom is -0.368 e. The molecule has 8 heteroatoms. The Morgan fingerprint density at radius 3 is 2.95 bits per heavy atom. The first-order chi connectivity index (χ1) is 9.45. The molecule has 0 spiro atoms. The van der Waals surface area contributed by atoms with E-state index in [2.05, 4.69) is 10.4 Å². The number of aromatic nitrogens is 2. The lowest BCUT2D eigenvalue weighted by Crippen LogP contribution is -2.18. The van der Waals surface area contributed by atoms with Crippen molar-refractivity contribution >= 4 is 23.0 Å². The Labute approximate surface area is 114 Å². The average molecular weight is 275 g/mol. The Kier molecular flexibility index (Phi) is 3.65. The predicted molar refractivity (Wildman–Crippen MR) is 72.5 cm³/mol. The number of carbonyl (C=O) groups is 1. The molecule has 0 saturated heterocycles. The second-order valence-corrected chi connectivity index (χ2v) is 4.30. The van der Waals surface area contributed by atoms with Gasteiger partial charge in [-0.1, -0.05) is 6.07 Å². The molecule has 1 aromatic carbocycles. The molecule has 0 aliphatic heterocycles. The van der Waals surface area contributed by atoms with Gasteiger partial charge in [-0.2, -0.15) is 5.10 Å². The zero-order valence-electron chi connectivity index (χ0n) is 10.7. The number of nitrogens with zero attached hydrogens (tertiary/aromatic N) is 3. The third kappa shape index (κ3) is 3.10. The third-order valence-electron chi connectivity index (χ3n) is 2.58. The molecule has 0 saturated carbocycles. The van der Waals surface area contributed by atoms with E-state index in [1.165, 1.54) is 16.9 Å². The maximum Gasteiger partial charge on any atom is 0.292 e. The van der Waals surface area contributed by atoms with Crippen LogP contribution in [0.2, 0.25) is 0 Å². The van der Waals surface area contributed by atoms with Gasteiger partial charge in [-0.3, -0.25) is 19.6 Å². The highest BCUT2D eigenvalue weighted by molar-refractivity contribution is 5.74. The van der Waals surface area contributed by atoms with Crippen LogP contribution in [0.15, 0.2) is 30.6 Å². The summed E-state index contributed by atoms with van der Waals surface area (Å²) in [5, 5.41) is 17.8. The van der Waals surface area contributed by atoms with Crippen molar-refractivity contribution in [3.63, 3.8) is 0 Å². The molecule has 1 aromatic heterocycles. The van der Waals surface area contributed by atoms with E-state index in [-0.39, 0.29) is 12.2 Å². The number of primary amides is 1. The number of anilines is 2. The fraction of sp³-hybridized carbons (Fsp3) is 0.167. The number of amides is 1. The molecule has 0 fully saturated rings. The first-order valence-corrected chi connectivity index (χ1v) is 5.78. The second-order valence-electron chi connectivity index (χ2n) is 4.30. The Balaban J connectivity index is 2.25. The smallest absolute Gasteiger partial charge is 0.292 e. The SMILES string of the molecule is Cc1ccc([N+](=O)[O-])c(Nc2cnn(CC(N)=O)c2)c1. The molecule has 8 nitrogen and oxygen atoms in total. The van der Waals surface area contributed by atoms with Gasteiger partial charge < -0.3 is 11.1 Å². The van der Waals surface area contributed by atoms with Crippen LogP contribution < -0.4 is 11.1 Å². The van der Waals surface area contributed by atoms with Crippen LogP contribution in [0.5, 0.6) is 0 Å². The Morgan fingerprint density at radius 2 is 2.30 bits per heavy atom. The van der Waals surface area contributed by atoms with Gasteiger partial charge in [0.2, 0.25) is 5.91 Å². The molecule has 2 aromatic rings. The lowest BCUT2D eigenvalue weighted by Gasteiger charge is -2.05. The van der Waals surface area contributed by atoms with E-state index in [9.17, 15) is 14.9 Å². The molecular weight excluding hydrogens is 262 g/mol. The first kappa shape index (κ1) is 13.5. The minimum absolute atomic E-state index is 0.0294. The molecule has 104 valence electrons. The molecule has 20 heavy (non-hydrogen) atoms. The summed E-state index contributed by atoms with van der Waals surface area (Å²) in [5.74, 6) is -0.513. The van der Waals surface area contributed by atoms with Gasteiger partial charge in [-0.15, -0.1) is 0 Å². The lowest BCUT2D eigenvalue weighted by molar-refractivity contribution is -0.383. The van der Waals surface area contributed by atoms with Crippen LogP contribution in [0.3, 0.4) is 0 Å². The highest BCUT2D eigenvalue weighted by atomic mass is 16.6. The van der Waals surface area contributed by atoms with E-state index in [0.29, 0.717) is 11.4 Å². The molecule has 0 unspecified atom stereocenters. The zero-order valence-corrected chi connectivity index (χ0v) is 10.7. The summed E-state index contributed by atoms with van der Waals surface area (Å²) in [6.45, 7) is 1.79. The molecule has 3 N–H and O–H groups in total. The van der Waals surface area contributed by atoms with Gasteiger partial charge in [0, 0.05) is 12.3 Å². The molecule has 0 bridgehead atoms. The highest BCUT2D eigenvalue weighted by Gasteiger charge is 2.14.